The highest BCUT2D eigenvalue weighted by Gasteiger charge is 2.35. The highest BCUT2D eigenvalue weighted by molar-refractivity contribution is 7.99. The summed E-state index contributed by atoms with van der Waals surface area (Å²) in [6.45, 7) is 0. The number of hydrogen-bond donors (Lipinski definition) is 0. The summed E-state index contributed by atoms with van der Waals surface area (Å²) < 4.78 is 7.69. The van der Waals surface area contributed by atoms with Gasteiger partial charge in [-0.05, 0) is 35.0 Å². The van der Waals surface area contributed by atoms with Crippen LogP contribution in [0.4, 0.5) is 0 Å². The van der Waals surface area contributed by atoms with Crippen LogP contribution in [0.2, 0.25) is 0 Å². The van der Waals surface area contributed by atoms with Gasteiger partial charge in [0.05, 0.1) is 28.1 Å². The summed E-state index contributed by atoms with van der Waals surface area (Å²) in [6, 6.07) is 9.19. The smallest absolute Gasteiger partial charge is 0.271 e. The molecule has 1 amide bonds. The molecule has 1 atom stereocenters. The molecule has 7 nitrogen and oxygen atoms in total. The van der Waals surface area contributed by atoms with Crippen molar-refractivity contribution in [3.05, 3.63) is 68.3 Å². The number of hydrazone groups is 1. The van der Waals surface area contributed by atoms with E-state index in [9.17, 15) is 9.59 Å². The molecule has 1 unspecified atom stereocenters. The van der Waals surface area contributed by atoms with E-state index in [2.05, 4.69) is 10.1 Å². The Labute approximate surface area is 183 Å². The first-order valence-electron chi connectivity index (χ1n) is 9.15. The van der Waals surface area contributed by atoms with Crippen LogP contribution in [0.15, 0.2) is 66.8 Å². The molecule has 0 aliphatic carbocycles. The summed E-state index contributed by atoms with van der Waals surface area (Å²) in [7, 11) is 1.68. The Morgan fingerprint density at radius 3 is 2.93 bits per heavy atom. The second kappa shape index (κ2) is 7.86. The van der Waals surface area contributed by atoms with Crippen molar-refractivity contribution in [1.29, 1.82) is 0 Å². The van der Waals surface area contributed by atoms with Crippen molar-refractivity contribution in [2.75, 3.05) is 5.75 Å². The van der Waals surface area contributed by atoms with Gasteiger partial charge in [-0.1, -0.05) is 17.8 Å². The van der Waals surface area contributed by atoms with Gasteiger partial charge in [0.1, 0.15) is 16.5 Å². The summed E-state index contributed by atoms with van der Waals surface area (Å²) in [5.41, 5.74) is 1.43. The Kier molecular flexibility index (Phi) is 5.05. The van der Waals surface area contributed by atoms with Gasteiger partial charge in [0.15, 0.2) is 5.16 Å². The topological polar surface area (TPSA) is 80.7 Å². The van der Waals surface area contributed by atoms with Gasteiger partial charge in [-0.25, -0.2) is 9.99 Å². The monoisotopic (exact) mass is 456 g/mol. The van der Waals surface area contributed by atoms with E-state index >= 15 is 0 Å². The molecule has 10 heteroatoms. The molecule has 0 radical (unpaired) electrons. The molecule has 0 bridgehead atoms. The zero-order valence-electron chi connectivity index (χ0n) is 15.8. The number of aromatic nitrogens is 2. The number of rotatable bonds is 5. The summed E-state index contributed by atoms with van der Waals surface area (Å²) in [4.78, 5) is 31.2. The number of fused-ring (bicyclic) bond motifs is 1. The molecule has 1 aliphatic heterocycles. The molecule has 1 aliphatic rings. The first kappa shape index (κ1) is 19.3. The Hall–Kier alpha value is -2.69. The van der Waals surface area contributed by atoms with Gasteiger partial charge in [0, 0.05) is 13.5 Å². The number of thioether (sulfide) groups is 1. The minimum absolute atomic E-state index is 0.0995. The first-order valence-corrected chi connectivity index (χ1v) is 11.9. The van der Waals surface area contributed by atoms with Crippen LogP contribution < -0.4 is 5.56 Å². The van der Waals surface area contributed by atoms with Crippen molar-refractivity contribution < 1.29 is 9.21 Å². The van der Waals surface area contributed by atoms with E-state index in [0.717, 1.165) is 10.6 Å². The van der Waals surface area contributed by atoms with Crippen molar-refractivity contribution in [2.45, 2.75) is 17.6 Å². The first-order chi connectivity index (χ1) is 14.6. The van der Waals surface area contributed by atoms with Crippen LogP contribution in [0.5, 0.6) is 0 Å². The number of furan rings is 1. The van der Waals surface area contributed by atoms with Gasteiger partial charge in [0.25, 0.3) is 11.5 Å². The molecule has 0 saturated carbocycles. The third kappa shape index (κ3) is 3.40. The van der Waals surface area contributed by atoms with E-state index in [1.807, 2.05) is 41.1 Å². The SMILES string of the molecule is Cn1c(SCC(=O)N2N=C(c3cccs3)CC2c2ccco2)nc2ccsc2c1=O. The van der Waals surface area contributed by atoms with E-state index < -0.39 is 0 Å². The summed E-state index contributed by atoms with van der Waals surface area (Å²) in [5, 5.41) is 10.5. The van der Waals surface area contributed by atoms with Crippen molar-refractivity contribution in [3.63, 3.8) is 0 Å². The fraction of sp³-hybridized carbons (Fsp3) is 0.200. The van der Waals surface area contributed by atoms with Crippen molar-refractivity contribution in [2.24, 2.45) is 12.1 Å². The van der Waals surface area contributed by atoms with Gasteiger partial charge >= 0.3 is 0 Å². The molecule has 5 heterocycles. The highest BCUT2D eigenvalue weighted by Crippen LogP contribution is 2.34. The Bertz CT molecular complexity index is 1290. The van der Waals surface area contributed by atoms with Crippen LogP contribution >= 0.6 is 34.4 Å². The number of carbonyl (C=O) groups is 1. The standard InChI is InChI=1S/C20H16N4O3S3/c1-23-19(26)18-12(6-9-29-18)21-20(23)30-11-17(25)24-14(15-4-2-7-27-15)10-13(22-24)16-5-3-8-28-16/h2-9,14H,10-11H2,1H3. The number of nitrogens with zero attached hydrogens (tertiary/aromatic N) is 4. The number of thiophene rings is 2. The molecule has 0 N–H and O–H groups in total. The molecule has 4 aromatic rings. The van der Waals surface area contributed by atoms with Gasteiger partial charge in [-0.15, -0.1) is 22.7 Å². The second-order valence-corrected chi connectivity index (χ2v) is 9.49. The molecule has 5 rings (SSSR count). The molecular formula is C20H16N4O3S3. The van der Waals surface area contributed by atoms with Crippen LogP contribution in [0.1, 0.15) is 23.1 Å². The van der Waals surface area contributed by atoms with Crippen LogP contribution in [0.3, 0.4) is 0 Å². The summed E-state index contributed by atoms with van der Waals surface area (Å²) >= 11 is 4.21. The molecule has 30 heavy (non-hydrogen) atoms. The Balaban J connectivity index is 1.40. The van der Waals surface area contributed by atoms with Gasteiger partial charge in [-0.3, -0.25) is 14.2 Å². The van der Waals surface area contributed by atoms with E-state index in [0.29, 0.717) is 27.6 Å². The largest absolute Gasteiger partial charge is 0.467 e. The quantitative estimate of drug-likeness (QED) is 0.333. The maximum atomic E-state index is 13.1. The van der Waals surface area contributed by atoms with Crippen molar-refractivity contribution in [1.82, 2.24) is 14.6 Å². The lowest BCUT2D eigenvalue weighted by atomic mass is 10.1. The Morgan fingerprint density at radius 2 is 2.17 bits per heavy atom. The average molecular weight is 457 g/mol. The number of hydrogen-bond acceptors (Lipinski definition) is 8. The number of carbonyl (C=O) groups excluding carboxylic acids is 1. The molecule has 0 spiro atoms. The van der Waals surface area contributed by atoms with Crippen LogP contribution in [-0.4, -0.2) is 31.9 Å². The maximum Gasteiger partial charge on any atom is 0.271 e. The maximum absolute atomic E-state index is 13.1. The summed E-state index contributed by atoms with van der Waals surface area (Å²) in [5.74, 6) is 0.662. The van der Waals surface area contributed by atoms with Gasteiger partial charge < -0.3 is 4.42 Å². The van der Waals surface area contributed by atoms with Crippen molar-refractivity contribution in [3.8, 4) is 0 Å². The number of amides is 1. The molecular weight excluding hydrogens is 440 g/mol. The molecule has 152 valence electrons. The van der Waals surface area contributed by atoms with E-state index in [-0.39, 0.29) is 23.3 Å². The third-order valence-corrected chi connectivity index (χ3v) is 7.64. The zero-order chi connectivity index (χ0) is 20.7. The predicted molar refractivity (Wildman–Crippen MR) is 119 cm³/mol. The van der Waals surface area contributed by atoms with Crippen LogP contribution in [-0.2, 0) is 11.8 Å². The minimum atomic E-state index is -0.277. The minimum Gasteiger partial charge on any atom is -0.467 e. The van der Waals surface area contributed by atoms with Crippen molar-refractivity contribution >= 4 is 56.3 Å². The van der Waals surface area contributed by atoms with Gasteiger partial charge in [0.2, 0.25) is 0 Å². The van der Waals surface area contributed by atoms with Gasteiger partial charge in [-0.2, -0.15) is 5.10 Å². The third-order valence-electron chi connectivity index (χ3n) is 4.81. The molecule has 0 saturated heterocycles. The lowest BCUT2D eigenvalue weighted by Crippen LogP contribution is -2.29. The van der Waals surface area contributed by atoms with E-state index in [4.69, 9.17) is 4.42 Å². The average Bonchev–Trinajstić information content (AvgIpc) is 3.55. The van der Waals surface area contributed by atoms with Crippen LogP contribution in [0.25, 0.3) is 10.2 Å². The predicted octanol–water partition coefficient (Wildman–Crippen LogP) is 4.12. The molecule has 0 fully saturated rings. The lowest BCUT2D eigenvalue weighted by molar-refractivity contribution is -0.130. The van der Waals surface area contributed by atoms with E-state index in [1.165, 1.54) is 32.7 Å². The Morgan fingerprint density at radius 1 is 1.27 bits per heavy atom. The van der Waals surface area contributed by atoms with Crippen LogP contribution in [0, 0.1) is 0 Å². The lowest BCUT2D eigenvalue weighted by Gasteiger charge is -2.19. The van der Waals surface area contributed by atoms with E-state index in [1.54, 1.807) is 24.6 Å². The fourth-order valence-corrected chi connectivity index (χ4v) is 5.67. The zero-order valence-corrected chi connectivity index (χ0v) is 18.3. The second-order valence-electron chi connectivity index (χ2n) is 6.68. The highest BCUT2D eigenvalue weighted by atomic mass is 32.2. The molecule has 0 aromatic carbocycles. The molecule has 4 aromatic heterocycles. The summed E-state index contributed by atoms with van der Waals surface area (Å²) in [6.07, 6.45) is 2.20. The normalized spacial score (nSPS) is 16.4. The fourth-order valence-electron chi connectivity index (χ4n) is 3.32.